The molecule has 1 aromatic heterocycles. The van der Waals surface area contributed by atoms with Crippen LogP contribution in [-0.4, -0.2) is 4.57 Å². The molecule has 0 spiro atoms. The van der Waals surface area contributed by atoms with Crippen LogP contribution in [0.4, 0.5) is 0 Å². The largest absolute Gasteiger partial charge is 0.346 e. The van der Waals surface area contributed by atoms with Gasteiger partial charge in [-0.15, -0.1) is 0 Å². The number of aromatic nitrogens is 1. The second-order valence-electron chi connectivity index (χ2n) is 6.16. The number of benzene rings is 1. The van der Waals surface area contributed by atoms with Crippen molar-refractivity contribution in [1.29, 1.82) is 5.26 Å². The second-order valence-corrected chi connectivity index (χ2v) is 7.01. The zero-order chi connectivity index (χ0) is 14.7. The molecular formula is C18H21BrN2. The monoisotopic (exact) mass is 344 g/mol. The predicted octanol–water partition coefficient (Wildman–Crippen LogP) is 5.64. The van der Waals surface area contributed by atoms with E-state index < -0.39 is 0 Å². The molecule has 3 rings (SSSR count). The van der Waals surface area contributed by atoms with Gasteiger partial charge >= 0.3 is 0 Å². The Morgan fingerprint density at radius 1 is 1.24 bits per heavy atom. The standard InChI is InChI=1S/C18H21BrN2/c19-17-13-21(10-4-7-14-5-2-1-3-6-14)18-9-8-15(12-20)11-16(17)18/h8-9,11,13-14H,1-7,10H2. The first-order valence-corrected chi connectivity index (χ1v) is 8.76. The Kier molecular flexibility index (Phi) is 4.65. The normalized spacial score (nSPS) is 16.2. The summed E-state index contributed by atoms with van der Waals surface area (Å²) in [7, 11) is 0. The van der Waals surface area contributed by atoms with E-state index in [1.54, 1.807) is 0 Å². The van der Waals surface area contributed by atoms with Gasteiger partial charge in [-0.2, -0.15) is 5.26 Å². The Bertz CT molecular complexity index is 660. The van der Waals surface area contributed by atoms with Crippen molar-refractivity contribution >= 4 is 26.8 Å². The molecule has 0 aliphatic heterocycles. The highest BCUT2D eigenvalue weighted by atomic mass is 79.9. The zero-order valence-corrected chi connectivity index (χ0v) is 13.9. The first kappa shape index (κ1) is 14.7. The van der Waals surface area contributed by atoms with E-state index in [2.05, 4.69) is 38.8 Å². The minimum Gasteiger partial charge on any atom is -0.346 e. The van der Waals surface area contributed by atoms with Crippen LogP contribution in [0.2, 0.25) is 0 Å². The van der Waals surface area contributed by atoms with Crippen LogP contribution in [0.25, 0.3) is 10.9 Å². The fraction of sp³-hybridized carbons (Fsp3) is 0.500. The van der Waals surface area contributed by atoms with Crippen LogP contribution in [-0.2, 0) is 6.54 Å². The maximum atomic E-state index is 9.01. The number of nitrogens with zero attached hydrogens (tertiary/aromatic N) is 2. The summed E-state index contributed by atoms with van der Waals surface area (Å²) in [6, 6.07) is 8.16. The highest BCUT2D eigenvalue weighted by Gasteiger charge is 2.13. The van der Waals surface area contributed by atoms with Gasteiger partial charge in [-0.25, -0.2) is 0 Å². The van der Waals surface area contributed by atoms with E-state index in [-0.39, 0.29) is 0 Å². The summed E-state index contributed by atoms with van der Waals surface area (Å²) in [5.41, 5.74) is 1.95. The molecule has 0 atom stereocenters. The van der Waals surface area contributed by atoms with E-state index in [0.29, 0.717) is 0 Å². The third-order valence-corrected chi connectivity index (χ3v) is 5.33. The van der Waals surface area contributed by atoms with Crippen LogP contribution in [0, 0.1) is 17.2 Å². The summed E-state index contributed by atoms with van der Waals surface area (Å²) in [5.74, 6) is 0.953. The van der Waals surface area contributed by atoms with Crippen LogP contribution in [0.3, 0.4) is 0 Å². The van der Waals surface area contributed by atoms with Crippen molar-refractivity contribution in [3.8, 4) is 6.07 Å². The van der Waals surface area contributed by atoms with Gasteiger partial charge in [0.05, 0.1) is 11.6 Å². The molecule has 2 nitrogen and oxygen atoms in total. The van der Waals surface area contributed by atoms with E-state index >= 15 is 0 Å². The Morgan fingerprint density at radius 3 is 2.81 bits per heavy atom. The zero-order valence-electron chi connectivity index (χ0n) is 12.3. The molecule has 1 aromatic carbocycles. The molecule has 110 valence electrons. The number of hydrogen-bond donors (Lipinski definition) is 0. The molecule has 1 saturated carbocycles. The van der Waals surface area contributed by atoms with Crippen molar-refractivity contribution in [2.75, 3.05) is 0 Å². The molecule has 1 fully saturated rings. The van der Waals surface area contributed by atoms with Gasteiger partial charge in [0.25, 0.3) is 0 Å². The van der Waals surface area contributed by atoms with Gasteiger partial charge in [0.1, 0.15) is 0 Å². The smallest absolute Gasteiger partial charge is 0.0991 e. The van der Waals surface area contributed by atoms with Crippen LogP contribution >= 0.6 is 15.9 Å². The maximum absolute atomic E-state index is 9.01. The second kappa shape index (κ2) is 6.66. The third-order valence-electron chi connectivity index (χ3n) is 4.70. The van der Waals surface area contributed by atoms with Crippen molar-refractivity contribution in [2.45, 2.75) is 51.5 Å². The van der Waals surface area contributed by atoms with Gasteiger partial charge < -0.3 is 4.57 Å². The summed E-state index contributed by atoms with van der Waals surface area (Å²) in [5, 5.41) is 10.2. The molecule has 0 radical (unpaired) electrons. The first-order chi connectivity index (χ1) is 10.3. The van der Waals surface area contributed by atoms with Gasteiger partial charge in [0.2, 0.25) is 0 Å². The van der Waals surface area contributed by atoms with E-state index in [4.69, 9.17) is 5.26 Å². The van der Waals surface area contributed by atoms with Crippen molar-refractivity contribution in [3.05, 3.63) is 34.4 Å². The van der Waals surface area contributed by atoms with Gasteiger partial charge in [-0.1, -0.05) is 32.1 Å². The summed E-state index contributed by atoms with van der Waals surface area (Å²) in [6.07, 6.45) is 11.9. The molecule has 0 bridgehead atoms. The average Bonchev–Trinajstić information content (AvgIpc) is 2.84. The van der Waals surface area contributed by atoms with Crippen LogP contribution < -0.4 is 0 Å². The molecule has 21 heavy (non-hydrogen) atoms. The molecule has 2 aromatic rings. The van der Waals surface area contributed by atoms with Crippen molar-refractivity contribution in [1.82, 2.24) is 4.57 Å². The summed E-state index contributed by atoms with van der Waals surface area (Å²) < 4.78 is 3.41. The van der Waals surface area contributed by atoms with Gasteiger partial charge in [-0.05, 0) is 52.9 Å². The highest BCUT2D eigenvalue weighted by Crippen LogP contribution is 2.30. The molecule has 0 amide bonds. The predicted molar refractivity (Wildman–Crippen MR) is 90.2 cm³/mol. The first-order valence-electron chi connectivity index (χ1n) is 7.96. The number of rotatable bonds is 4. The van der Waals surface area contributed by atoms with E-state index in [0.717, 1.165) is 27.9 Å². The summed E-state index contributed by atoms with van der Waals surface area (Å²) >= 11 is 3.62. The number of hydrogen-bond acceptors (Lipinski definition) is 1. The molecule has 0 saturated heterocycles. The average molecular weight is 345 g/mol. The van der Waals surface area contributed by atoms with Gasteiger partial charge in [-0.3, -0.25) is 0 Å². The number of nitriles is 1. The van der Waals surface area contributed by atoms with Crippen LogP contribution in [0.1, 0.15) is 50.5 Å². The Balaban J connectivity index is 1.68. The van der Waals surface area contributed by atoms with Crippen LogP contribution in [0.15, 0.2) is 28.9 Å². The highest BCUT2D eigenvalue weighted by molar-refractivity contribution is 9.10. The van der Waals surface area contributed by atoms with E-state index in [1.807, 2.05) is 12.1 Å². The van der Waals surface area contributed by atoms with Crippen molar-refractivity contribution < 1.29 is 0 Å². The van der Waals surface area contributed by atoms with Crippen LogP contribution in [0.5, 0.6) is 0 Å². The summed E-state index contributed by atoms with van der Waals surface area (Å²) in [4.78, 5) is 0. The van der Waals surface area contributed by atoms with E-state index in [1.165, 1.54) is 50.5 Å². The molecule has 0 unspecified atom stereocenters. The molecule has 3 heteroatoms. The Labute approximate surface area is 134 Å². The molecule has 1 heterocycles. The Morgan fingerprint density at radius 2 is 2.05 bits per heavy atom. The number of halogens is 1. The summed E-state index contributed by atoms with van der Waals surface area (Å²) in [6.45, 7) is 1.07. The van der Waals surface area contributed by atoms with Crippen molar-refractivity contribution in [3.63, 3.8) is 0 Å². The lowest BCUT2D eigenvalue weighted by atomic mass is 9.86. The fourth-order valence-corrected chi connectivity index (χ4v) is 4.10. The quantitative estimate of drug-likeness (QED) is 0.705. The minimum atomic E-state index is 0.725. The lowest BCUT2D eigenvalue weighted by Gasteiger charge is -2.21. The number of fused-ring (bicyclic) bond motifs is 1. The fourth-order valence-electron chi connectivity index (χ4n) is 3.53. The molecular weight excluding hydrogens is 324 g/mol. The maximum Gasteiger partial charge on any atom is 0.0991 e. The lowest BCUT2D eigenvalue weighted by molar-refractivity contribution is 0.327. The topological polar surface area (TPSA) is 28.7 Å². The number of aryl methyl sites for hydroxylation is 1. The third kappa shape index (κ3) is 3.32. The van der Waals surface area contributed by atoms with Gasteiger partial charge in [0, 0.05) is 28.1 Å². The minimum absolute atomic E-state index is 0.725. The van der Waals surface area contributed by atoms with Crippen molar-refractivity contribution in [2.24, 2.45) is 5.92 Å². The lowest BCUT2D eigenvalue weighted by Crippen LogP contribution is -2.07. The van der Waals surface area contributed by atoms with E-state index in [9.17, 15) is 0 Å². The van der Waals surface area contributed by atoms with Gasteiger partial charge in [0.15, 0.2) is 0 Å². The molecule has 1 aliphatic carbocycles. The molecule has 0 N–H and O–H groups in total. The SMILES string of the molecule is N#Cc1ccc2c(c1)c(Br)cn2CCCC1CCCCC1. The molecule has 1 aliphatic rings. The Hall–Kier alpha value is -1.27.